The molecular weight excluding hydrogens is 526 g/mol. The molecule has 5 aromatic carbocycles. The molecule has 43 heavy (non-hydrogen) atoms. The quantitative estimate of drug-likeness (QED) is 0.202. The average Bonchev–Trinajstić information content (AvgIpc) is 3.77. The second-order valence-corrected chi connectivity index (χ2v) is 11.1. The molecule has 0 unspecified atom stereocenters. The van der Waals surface area contributed by atoms with Crippen molar-refractivity contribution in [2.45, 2.75) is 0 Å². The van der Waals surface area contributed by atoms with Gasteiger partial charge in [-0.1, -0.05) is 66.7 Å². The summed E-state index contributed by atoms with van der Waals surface area (Å²) in [7, 11) is 0. The standard InChI is InChI=1S/C38H23N5/c1-3-10-24(11-4-1)42-32-16-8-7-14-26(32)30-22-34-31(23-33(30)42)28-18-17-27-29-15-9-19-39-37(29)41-21-20-40-38(41)35(27)36(28)43(34)25-12-5-2-6-13-25/h1-23H. The number of benzene rings is 5. The first-order valence-electron chi connectivity index (χ1n) is 14.5. The van der Waals surface area contributed by atoms with Crippen LogP contribution in [-0.4, -0.2) is 23.5 Å². The topological polar surface area (TPSA) is 40.1 Å². The number of para-hydroxylation sites is 3. The molecule has 0 aliphatic heterocycles. The van der Waals surface area contributed by atoms with E-state index in [9.17, 15) is 0 Å². The van der Waals surface area contributed by atoms with E-state index in [-0.39, 0.29) is 0 Å². The SMILES string of the molecule is c1ccc(-n2c3ccccc3c3cc4c(cc32)c2ccc3c5cccnc5n5ccnc5c3c2n4-c2ccccc2)cc1. The van der Waals surface area contributed by atoms with Crippen molar-refractivity contribution in [3.63, 3.8) is 0 Å². The third-order valence-corrected chi connectivity index (χ3v) is 8.92. The maximum atomic E-state index is 4.90. The summed E-state index contributed by atoms with van der Waals surface area (Å²) in [5.74, 6) is 0. The third kappa shape index (κ3) is 2.95. The van der Waals surface area contributed by atoms with E-state index in [1.807, 2.05) is 24.7 Å². The molecule has 0 saturated carbocycles. The molecule has 0 amide bonds. The monoisotopic (exact) mass is 549 g/mol. The molecule has 0 atom stereocenters. The Bertz CT molecular complexity index is 2710. The number of pyridine rings is 2. The minimum absolute atomic E-state index is 0.913. The highest BCUT2D eigenvalue weighted by Crippen LogP contribution is 2.43. The van der Waals surface area contributed by atoms with Gasteiger partial charge in [-0.25, -0.2) is 9.97 Å². The fraction of sp³-hybridized carbons (Fsp3) is 0. The van der Waals surface area contributed by atoms with Crippen LogP contribution >= 0.6 is 0 Å². The lowest BCUT2D eigenvalue weighted by molar-refractivity contribution is 1.17. The van der Waals surface area contributed by atoms with Crippen LogP contribution in [0, 0.1) is 0 Å². The zero-order chi connectivity index (χ0) is 28.1. The summed E-state index contributed by atoms with van der Waals surface area (Å²) >= 11 is 0. The molecule has 0 bridgehead atoms. The number of hydrogen-bond acceptors (Lipinski definition) is 2. The first-order chi connectivity index (χ1) is 21.4. The molecule has 0 fully saturated rings. The van der Waals surface area contributed by atoms with Crippen molar-refractivity contribution in [2.24, 2.45) is 0 Å². The van der Waals surface area contributed by atoms with Gasteiger partial charge < -0.3 is 9.13 Å². The van der Waals surface area contributed by atoms with E-state index in [0.29, 0.717) is 0 Å². The summed E-state index contributed by atoms with van der Waals surface area (Å²) < 4.78 is 6.94. The van der Waals surface area contributed by atoms with E-state index < -0.39 is 0 Å². The summed E-state index contributed by atoms with van der Waals surface area (Å²) in [6.45, 7) is 0. The van der Waals surface area contributed by atoms with E-state index in [0.717, 1.165) is 44.3 Å². The highest BCUT2D eigenvalue weighted by Gasteiger charge is 2.22. The van der Waals surface area contributed by atoms with Crippen molar-refractivity contribution >= 4 is 71.1 Å². The molecule has 5 heteroatoms. The number of hydrogen-bond donors (Lipinski definition) is 0. The van der Waals surface area contributed by atoms with Gasteiger partial charge >= 0.3 is 0 Å². The summed E-state index contributed by atoms with van der Waals surface area (Å²) in [6, 6.07) is 43.6. The lowest BCUT2D eigenvalue weighted by atomic mass is 10.0. The van der Waals surface area contributed by atoms with Crippen LogP contribution < -0.4 is 0 Å². The third-order valence-electron chi connectivity index (χ3n) is 8.92. The van der Waals surface area contributed by atoms with Gasteiger partial charge in [-0.05, 0) is 60.0 Å². The van der Waals surface area contributed by atoms with Crippen molar-refractivity contribution in [1.82, 2.24) is 23.5 Å². The molecule has 0 aliphatic carbocycles. The Labute approximate surface area is 245 Å². The van der Waals surface area contributed by atoms with E-state index in [1.165, 1.54) is 38.1 Å². The van der Waals surface area contributed by atoms with Crippen molar-refractivity contribution in [3.05, 3.63) is 140 Å². The van der Waals surface area contributed by atoms with Crippen LogP contribution in [0.1, 0.15) is 0 Å². The number of nitrogens with zero attached hydrogens (tertiary/aromatic N) is 5. The average molecular weight is 550 g/mol. The highest BCUT2D eigenvalue weighted by molar-refractivity contribution is 6.28. The molecule has 5 heterocycles. The number of rotatable bonds is 2. The highest BCUT2D eigenvalue weighted by atomic mass is 15.1. The summed E-state index contributed by atoms with van der Waals surface area (Å²) in [5, 5.41) is 8.28. The Balaban J connectivity index is 1.48. The van der Waals surface area contributed by atoms with E-state index >= 15 is 0 Å². The van der Waals surface area contributed by atoms with Gasteiger partial charge in [0.05, 0.1) is 27.5 Å². The van der Waals surface area contributed by atoms with Gasteiger partial charge in [-0.3, -0.25) is 4.40 Å². The summed E-state index contributed by atoms with van der Waals surface area (Å²) in [5.41, 5.74) is 8.84. The molecule has 200 valence electrons. The Hall–Kier alpha value is -5.94. The van der Waals surface area contributed by atoms with Crippen molar-refractivity contribution in [2.75, 3.05) is 0 Å². The second-order valence-electron chi connectivity index (χ2n) is 11.1. The fourth-order valence-corrected chi connectivity index (χ4v) is 7.18. The largest absolute Gasteiger partial charge is 0.309 e. The Morgan fingerprint density at radius 2 is 1.05 bits per heavy atom. The van der Waals surface area contributed by atoms with Crippen LogP contribution in [0.25, 0.3) is 82.4 Å². The molecule has 0 spiro atoms. The Morgan fingerprint density at radius 1 is 0.419 bits per heavy atom. The number of imidazole rings is 1. The maximum absolute atomic E-state index is 4.90. The molecule has 0 saturated heterocycles. The summed E-state index contributed by atoms with van der Waals surface area (Å²) in [4.78, 5) is 9.64. The van der Waals surface area contributed by atoms with Gasteiger partial charge in [-0.2, -0.15) is 0 Å². The molecule has 0 radical (unpaired) electrons. The maximum Gasteiger partial charge on any atom is 0.148 e. The molecule has 5 nitrogen and oxygen atoms in total. The van der Waals surface area contributed by atoms with Crippen LogP contribution in [0.15, 0.2) is 140 Å². The second kappa shape index (κ2) is 8.30. The first kappa shape index (κ1) is 22.7. The zero-order valence-corrected chi connectivity index (χ0v) is 23.0. The molecule has 0 N–H and O–H groups in total. The molecule has 10 aromatic rings. The number of fused-ring (bicyclic) bond motifs is 13. The van der Waals surface area contributed by atoms with Crippen LogP contribution in [0.3, 0.4) is 0 Å². The van der Waals surface area contributed by atoms with Gasteiger partial charge in [0.2, 0.25) is 0 Å². The van der Waals surface area contributed by atoms with Crippen LogP contribution in [0.2, 0.25) is 0 Å². The lowest BCUT2D eigenvalue weighted by Gasteiger charge is -2.12. The Kier molecular flexibility index (Phi) is 4.39. The smallest absolute Gasteiger partial charge is 0.148 e. The first-order valence-corrected chi connectivity index (χ1v) is 14.5. The van der Waals surface area contributed by atoms with Crippen molar-refractivity contribution in [1.29, 1.82) is 0 Å². The lowest BCUT2D eigenvalue weighted by Crippen LogP contribution is -1.97. The zero-order valence-electron chi connectivity index (χ0n) is 23.0. The van der Waals surface area contributed by atoms with Crippen LogP contribution in [0.5, 0.6) is 0 Å². The molecule has 10 rings (SSSR count). The van der Waals surface area contributed by atoms with E-state index in [1.54, 1.807) is 0 Å². The minimum Gasteiger partial charge on any atom is -0.309 e. The van der Waals surface area contributed by atoms with E-state index in [2.05, 4.69) is 129 Å². The minimum atomic E-state index is 0.913. The van der Waals surface area contributed by atoms with Crippen LogP contribution in [0.4, 0.5) is 0 Å². The number of aromatic nitrogens is 5. The van der Waals surface area contributed by atoms with Crippen molar-refractivity contribution < 1.29 is 0 Å². The van der Waals surface area contributed by atoms with Crippen LogP contribution in [-0.2, 0) is 0 Å². The van der Waals surface area contributed by atoms with Gasteiger partial charge in [0, 0.05) is 56.9 Å². The van der Waals surface area contributed by atoms with Gasteiger partial charge in [0.1, 0.15) is 11.3 Å². The van der Waals surface area contributed by atoms with Gasteiger partial charge in [-0.15, -0.1) is 0 Å². The molecular formula is C38H23N5. The Morgan fingerprint density at radius 3 is 1.86 bits per heavy atom. The summed E-state index contributed by atoms with van der Waals surface area (Å²) in [6.07, 6.45) is 5.74. The molecule has 0 aliphatic rings. The normalized spacial score (nSPS) is 12.2. The van der Waals surface area contributed by atoms with Gasteiger partial charge in [0.25, 0.3) is 0 Å². The van der Waals surface area contributed by atoms with Gasteiger partial charge in [0.15, 0.2) is 0 Å². The molecule has 5 aromatic heterocycles. The fourth-order valence-electron chi connectivity index (χ4n) is 7.18. The van der Waals surface area contributed by atoms with E-state index in [4.69, 9.17) is 9.97 Å². The predicted molar refractivity (Wildman–Crippen MR) is 177 cm³/mol. The van der Waals surface area contributed by atoms with Crippen molar-refractivity contribution in [3.8, 4) is 11.4 Å². The predicted octanol–water partition coefficient (Wildman–Crippen LogP) is 9.23.